The first-order chi connectivity index (χ1) is 15.9. The minimum absolute atomic E-state index is 0.198. The Labute approximate surface area is 189 Å². The second-order valence-electron chi connectivity index (χ2n) is 8.04. The van der Waals surface area contributed by atoms with Gasteiger partial charge in [0.25, 0.3) is 0 Å². The van der Waals surface area contributed by atoms with E-state index >= 15 is 0 Å². The molecule has 1 unspecified atom stereocenters. The fourth-order valence-corrected chi connectivity index (χ4v) is 4.47. The van der Waals surface area contributed by atoms with Crippen LogP contribution in [0.1, 0.15) is 30.0 Å². The van der Waals surface area contributed by atoms with Gasteiger partial charge >= 0.3 is 5.69 Å². The maximum Gasteiger partial charge on any atom is 0.327 e. The van der Waals surface area contributed by atoms with Gasteiger partial charge in [0.05, 0.1) is 54.3 Å². The van der Waals surface area contributed by atoms with Crippen LogP contribution >= 0.6 is 0 Å². The molecule has 0 spiro atoms. The van der Waals surface area contributed by atoms with E-state index in [1.165, 1.54) is 0 Å². The number of hydrogen-bond donors (Lipinski definition) is 1. The highest BCUT2D eigenvalue weighted by molar-refractivity contribution is 6.04. The molecule has 1 atom stereocenters. The highest BCUT2D eigenvalue weighted by Crippen LogP contribution is 2.39. The van der Waals surface area contributed by atoms with Crippen LogP contribution in [0.15, 0.2) is 51.9 Å². The van der Waals surface area contributed by atoms with E-state index in [9.17, 15) is 4.79 Å². The summed E-state index contributed by atoms with van der Waals surface area (Å²) < 4.78 is 18.1. The van der Waals surface area contributed by atoms with Crippen LogP contribution in [0.2, 0.25) is 0 Å². The molecule has 0 saturated carbocycles. The molecule has 168 valence electrons. The van der Waals surface area contributed by atoms with Crippen LogP contribution in [0.3, 0.4) is 0 Å². The Morgan fingerprint density at radius 1 is 1.09 bits per heavy atom. The second kappa shape index (κ2) is 7.81. The lowest BCUT2D eigenvalue weighted by Gasteiger charge is -2.16. The van der Waals surface area contributed by atoms with E-state index in [4.69, 9.17) is 14.0 Å². The van der Waals surface area contributed by atoms with Gasteiger partial charge in [0, 0.05) is 10.9 Å². The van der Waals surface area contributed by atoms with E-state index in [1.54, 1.807) is 25.0 Å². The van der Waals surface area contributed by atoms with E-state index in [1.807, 2.05) is 57.2 Å². The van der Waals surface area contributed by atoms with Gasteiger partial charge in [0.2, 0.25) is 0 Å². The zero-order chi connectivity index (χ0) is 23.3. The zero-order valence-corrected chi connectivity index (χ0v) is 19.1. The molecule has 0 aliphatic carbocycles. The van der Waals surface area contributed by atoms with Crippen LogP contribution in [-0.2, 0) is 0 Å². The van der Waals surface area contributed by atoms with Gasteiger partial charge in [-0.25, -0.2) is 4.79 Å². The molecule has 5 rings (SSSR count). The van der Waals surface area contributed by atoms with Gasteiger partial charge in [-0.3, -0.25) is 9.55 Å². The third kappa shape index (κ3) is 3.26. The van der Waals surface area contributed by atoms with E-state index < -0.39 is 0 Å². The molecule has 5 aromatic rings. The van der Waals surface area contributed by atoms with Crippen LogP contribution in [-0.4, -0.2) is 33.9 Å². The molecule has 1 N–H and O–H groups in total. The number of methoxy groups -OCH3 is 2. The summed E-state index contributed by atoms with van der Waals surface area (Å²) in [7, 11) is 3.26. The number of hydrogen-bond acceptors (Lipinski definition) is 6. The van der Waals surface area contributed by atoms with E-state index in [0.717, 1.165) is 44.6 Å². The number of nitrogens with zero attached hydrogens (tertiary/aromatic N) is 3. The number of nitrogens with one attached hydrogen (secondary N) is 1. The van der Waals surface area contributed by atoms with Crippen molar-refractivity contribution in [2.75, 3.05) is 14.2 Å². The van der Waals surface area contributed by atoms with E-state index in [2.05, 4.69) is 15.1 Å². The first-order valence-electron chi connectivity index (χ1n) is 10.6. The van der Waals surface area contributed by atoms with Crippen molar-refractivity contribution in [2.24, 2.45) is 0 Å². The number of aryl methyl sites for hydroxylation is 2. The van der Waals surface area contributed by atoms with Gasteiger partial charge in [-0.05, 0) is 50.6 Å². The topological polar surface area (TPSA) is 95.2 Å². The summed E-state index contributed by atoms with van der Waals surface area (Å²) >= 11 is 0. The number of ether oxygens (including phenoxy) is 2. The van der Waals surface area contributed by atoms with Gasteiger partial charge in [-0.1, -0.05) is 17.3 Å². The standard InChI is InChI=1S/C25H24N4O4/c1-13-23(15(3)33-28-13)19-10-20-18(11-22(19)32-5)24-21(12-26-20)27-25(30)29(24)14(2)16-6-8-17(31-4)9-7-16/h6-12,14H,1-5H3,(H,27,30). The van der Waals surface area contributed by atoms with E-state index in [-0.39, 0.29) is 11.7 Å². The molecule has 8 nitrogen and oxygen atoms in total. The lowest BCUT2D eigenvalue weighted by atomic mass is 10.00. The number of benzene rings is 2. The Bertz CT molecular complexity index is 1520. The molecule has 0 bridgehead atoms. The average molecular weight is 444 g/mol. The highest BCUT2D eigenvalue weighted by Gasteiger charge is 2.21. The molecule has 0 radical (unpaired) electrons. The Balaban J connectivity index is 1.76. The molecule has 2 aromatic carbocycles. The molecule has 3 heterocycles. The van der Waals surface area contributed by atoms with Gasteiger partial charge in [0.1, 0.15) is 17.3 Å². The van der Waals surface area contributed by atoms with Crippen molar-refractivity contribution in [2.45, 2.75) is 26.8 Å². The zero-order valence-electron chi connectivity index (χ0n) is 19.1. The molecule has 0 aliphatic rings. The molecular weight excluding hydrogens is 420 g/mol. The Morgan fingerprint density at radius 3 is 2.48 bits per heavy atom. The molecule has 3 aromatic heterocycles. The van der Waals surface area contributed by atoms with Gasteiger partial charge in [0.15, 0.2) is 0 Å². The molecule has 0 fully saturated rings. The van der Waals surface area contributed by atoms with Crippen molar-refractivity contribution in [3.63, 3.8) is 0 Å². The first kappa shape index (κ1) is 20.8. The summed E-state index contributed by atoms with van der Waals surface area (Å²) in [5, 5.41) is 4.89. The minimum Gasteiger partial charge on any atom is -0.497 e. The summed E-state index contributed by atoms with van der Waals surface area (Å²) in [5.74, 6) is 2.13. The maximum atomic E-state index is 13.0. The summed E-state index contributed by atoms with van der Waals surface area (Å²) in [6, 6.07) is 11.4. The molecule has 8 heteroatoms. The highest BCUT2D eigenvalue weighted by atomic mass is 16.5. The van der Waals surface area contributed by atoms with Gasteiger partial charge in [-0.15, -0.1) is 0 Å². The fourth-order valence-electron chi connectivity index (χ4n) is 4.47. The van der Waals surface area contributed by atoms with Crippen molar-refractivity contribution < 1.29 is 14.0 Å². The molecule has 33 heavy (non-hydrogen) atoms. The smallest absolute Gasteiger partial charge is 0.327 e. The van der Waals surface area contributed by atoms with Crippen molar-refractivity contribution in [1.29, 1.82) is 0 Å². The molecule has 0 aliphatic heterocycles. The third-order valence-electron chi connectivity index (χ3n) is 6.15. The van der Waals surface area contributed by atoms with Crippen molar-refractivity contribution >= 4 is 21.9 Å². The Kier molecular flexibility index (Phi) is 4.92. The SMILES string of the molecule is COc1ccc(C(C)n2c(=O)[nH]c3cnc4cc(-c5c(C)noc5C)c(OC)cc4c32)cc1. The average Bonchev–Trinajstić information content (AvgIpc) is 3.35. The summed E-state index contributed by atoms with van der Waals surface area (Å²) in [6.07, 6.45) is 1.69. The maximum absolute atomic E-state index is 13.0. The minimum atomic E-state index is -0.212. The van der Waals surface area contributed by atoms with Crippen LogP contribution in [0, 0.1) is 13.8 Å². The third-order valence-corrected chi connectivity index (χ3v) is 6.15. The normalized spacial score (nSPS) is 12.4. The lowest BCUT2D eigenvalue weighted by Crippen LogP contribution is -2.21. The number of rotatable bonds is 5. The van der Waals surface area contributed by atoms with Gasteiger partial charge in [-0.2, -0.15) is 0 Å². The monoisotopic (exact) mass is 444 g/mol. The molecule has 0 saturated heterocycles. The Morgan fingerprint density at radius 2 is 1.85 bits per heavy atom. The number of imidazole rings is 1. The number of aromatic amines is 1. The van der Waals surface area contributed by atoms with Crippen molar-refractivity contribution in [3.8, 4) is 22.6 Å². The Hall–Kier alpha value is -4.07. The predicted molar refractivity (Wildman–Crippen MR) is 126 cm³/mol. The number of aromatic nitrogens is 4. The van der Waals surface area contributed by atoms with Crippen LogP contribution < -0.4 is 15.2 Å². The van der Waals surface area contributed by atoms with Crippen LogP contribution in [0.25, 0.3) is 33.1 Å². The van der Waals surface area contributed by atoms with Crippen LogP contribution in [0.4, 0.5) is 0 Å². The first-order valence-corrected chi connectivity index (χ1v) is 10.6. The summed E-state index contributed by atoms with van der Waals surface area (Å²) in [4.78, 5) is 20.6. The quantitative estimate of drug-likeness (QED) is 0.419. The number of pyridine rings is 1. The van der Waals surface area contributed by atoms with E-state index in [0.29, 0.717) is 17.0 Å². The molecule has 0 amide bonds. The molecular formula is C25H24N4O4. The number of H-pyrrole nitrogens is 1. The lowest BCUT2D eigenvalue weighted by molar-refractivity contribution is 0.393. The number of fused-ring (bicyclic) bond motifs is 3. The van der Waals surface area contributed by atoms with Gasteiger partial charge < -0.3 is 19.0 Å². The summed E-state index contributed by atoms with van der Waals surface area (Å²) in [6.45, 7) is 5.76. The van der Waals surface area contributed by atoms with Crippen molar-refractivity contribution in [1.82, 2.24) is 19.7 Å². The van der Waals surface area contributed by atoms with Crippen LogP contribution in [0.5, 0.6) is 11.5 Å². The predicted octanol–water partition coefficient (Wildman–Crippen LogP) is 4.78. The largest absolute Gasteiger partial charge is 0.497 e. The fraction of sp³-hybridized carbons (Fsp3) is 0.240. The summed E-state index contributed by atoms with van der Waals surface area (Å²) in [5.41, 5.74) is 5.48. The van der Waals surface area contributed by atoms with Crippen molar-refractivity contribution in [3.05, 3.63) is 70.1 Å². The second-order valence-corrected chi connectivity index (χ2v) is 8.04.